The molecule has 1 aliphatic heterocycles. The third-order valence-electron chi connectivity index (χ3n) is 3.74. The van der Waals surface area contributed by atoms with Gasteiger partial charge in [-0.2, -0.15) is 0 Å². The Morgan fingerprint density at radius 1 is 1.05 bits per heavy atom. The number of hydrogen-bond acceptors (Lipinski definition) is 3. The van der Waals surface area contributed by atoms with Crippen molar-refractivity contribution in [1.82, 2.24) is 5.32 Å². The van der Waals surface area contributed by atoms with Gasteiger partial charge in [0.15, 0.2) is 11.5 Å². The van der Waals surface area contributed by atoms with Crippen LogP contribution in [0.25, 0.3) is 0 Å². The van der Waals surface area contributed by atoms with Gasteiger partial charge in [-0.25, -0.2) is 0 Å². The van der Waals surface area contributed by atoms with Crippen LogP contribution in [0.5, 0.6) is 11.5 Å². The maximum Gasteiger partial charge on any atom is 0.231 e. The fourth-order valence-corrected chi connectivity index (χ4v) is 2.61. The summed E-state index contributed by atoms with van der Waals surface area (Å²) in [4.78, 5) is 0. The highest BCUT2D eigenvalue weighted by Gasteiger charge is 2.20. The molecule has 0 amide bonds. The molecule has 4 heteroatoms. The van der Waals surface area contributed by atoms with E-state index in [9.17, 15) is 0 Å². The average Bonchev–Trinajstić information content (AvgIpc) is 2.93. The van der Waals surface area contributed by atoms with Gasteiger partial charge < -0.3 is 14.8 Å². The van der Waals surface area contributed by atoms with Crippen molar-refractivity contribution in [1.29, 1.82) is 0 Å². The van der Waals surface area contributed by atoms with Crippen LogP contribution >= 0.6 is 15.9 Å². The van der Waals surface area contributed by atoms with Crippen molar-refractivity contribution < 1.29 is 9.47 Å². The van der Waals surface area contributed by atoms with E-state index in [1.165, 1.54) is 11.1 Å². The molecule has 1 heterocycles. The molecule has 0 bridgehead atoms. The quantitative estimate of drug-likeness (QED) is 0.898. The van der Waals surface area contributed by atoms with Gasteiger partial charge in [-0.3, -0.25) is 0 Å². The van der Waals surface area contributed by atoms with Gasteiger partial charge in [0.2, 0.25) is 6.79 Å². The van der Waals surface area contributed by atoms with Crippen LogP contribution < -0.4 is 14.8 Å². The van der Waals surface area contributed by atoms with Crippen LogP contribution in [0.3, 0.4) is 0 Å². The minimum absolute atomic E-state index is 0.100. The van der Waals surface area contributed by atoms with Gasteiger partial charge >= 0.3 is 0 Å². The van der Waals surface area contributed by atoms with Crippen LogP contribution in [0.15, 0.2) is 46.9 Å². The van der Waals surface area contributed by atoms with Crippen LogP contribution in [0.1, 0.15) is 25.0 Å². The lowest BCUT2D eigenvalue weighted by atomic mass is 9.94. The van der Waals surface area contributed by atoms with Crippen molar-refractivity contribution in [3.63, 3.8) is 0 Å². The van der Waals surface area contributed by atoms with E-state index in [2.05, 4.69) is 65.4 Å². The Kier molecular flexibility index (Phi) is 3.91. The van der Waals surface area contributed by atoms with Crippen LogP contribution in [0.2, 0.25) is 0 Å². The number of nitrogens with one attached hydrogen (secondary N) is 1. The molecule has 0 atom stereocenters. The molecule has 0 unspecified atom stereocenters. The highest BCUT2D eigenvalue weighted by Crippen LogP contribution is 2.32. The van der Waals surface area contributed by atoms with Gasteiger partial charge in [0, 0.05) is 16.6 Å². The predicted octanol–water partition coefficient (Wildman–Crippen LogP) is 4.20. The van der Waals surface area contributed by atoms with Crippen LogP contribution in [0.4, 0.5) is 0 Å². The maximum atomic E-state index is 5.41. The van der Waals surface area contributed by atoms with Crippen LogP contribution in [-0.2, 0) is 12.1 Å². The molecule has 110 valence electrons. The molecule has 1 N–H and O–H groups in total. The summed E-state index contributed by atoms with van der Waals surface area (Å²) in [5.41, 5.74) is 2.34. The highest BCUT2D eigenvalue weighted by molar-refractivity contribution is 9.10. The Hall–Kier alpha value is -1.52. The fraction of sp³-hybridized carbons (Fsp3) is 0.294. The number of benzene rings is 2. The molecule has 0 fully saturated rings. The summed E-state index contributed by atoms with van der Waals surface area (Å²) >= 11 is 3.47. The fourth-order valence-electron chi connectivity index (χ4n) is 2.34. The highest BCUT2D eigenvalue weighted by atomic mass is 79.9. The van der Waals surface area contributed by atoms with Crippen LogP contribution in [-0.4, -0.2) is 6.79 Å². The molecule has 3 rings (SSSR count). The van der Waals surface area contributed by atoms with Crippen molar-refractivity contribution in [3.05, 3.63) is 58.1 Å². The zero-order chi connectivity index (χ0) is 14.9. The number of hydrogen-bond donors (Lipinski definition) is 1. The third kappa shape index (κ3) is 3.22. The first kappa shape index (κ1) is 14.4. The molecule has 3 nitrogen and oxygen atoms in total. The van der Waals surface area contributed by atoms with E-state index in [1.54, 1.807) is 0 Å². The number of rotatable bonds is 4. The van der Waals surface area contributed by atoms with Crippen LogP contribution in [0, 0.1) is 0 Å². The predicted molar refractivity (Wildman–Crippen MR) is 86.6 cm³/mol. The molecule has 0 spiro atoms. The SMILES string of the molecule is CC(C)(NCc1ccc2c(c1)OCO2)c1ccc(Br)cc1. The summed E-state index contributed by atoms with van der Waals surface area (Å²) in [5, 5.41) is 3.59. The number of halogens is 1. The van der Waals surface area contributed by atoms with E-state index in [0.717, 1.165) is 22.5 Å². The second kappa shape index (κ2) is 5.70. The van der Waals surface area contributed by atoms with Gasteiger partial charge in [0.1, 0.15) is 0 Å². The zero-order valence-electron chi connectivity index (χ0n) is 12.2. The lowest BCUT2D eigenvalue weighted by Gasteiger charge is -2.27. The summed E-state index contributed by atoms with van der Waals surface area (Å²) in [5.74, 6) is 1.65. The Balaban J connectivity index is 1.70. The smallest absolute Gasteiger partial charge is 0.231 e. The monoisotopic (exact) mass is 347 g/mol. The van der Waals surface area contributed by atoms with Crippen molar-refractivity contribution in [2.45, 2.75) is 25.9 Å². The van der Waals surface area contributed by atoms with Gasteiger partial charge in [-0.1, -0.05) is 34.1 Å². The molecular formula is C17H18BrNO2. The van der Waals surface area contributed by atoms with Crippen molar-refractivity contribution in [3.8, 4) is 11.5 Å². The molecule has 0 saturated carbocycles. The summed E-state index contributed by atoms with van der Waals surface area (Å²) in [6, 6.07) is 14.5. The zero-order valence-corrected chi connectivity index (χ0v) is 13.7. The second-order valence-electron chi connectivity index (χ2n) is 5.67. The largest absolute Gasteiger partial charge is 0.454 e. The van der Waals surface area contributed by atoms with Gasteiger partial charge in [0.05, 0.1) is 0 Å². The summed E-state index contributed by atoms with van der Waals surface area (Å²) in [7, 11) is 0. The first-order chi connectivity index (χ1) is 10.0. The summed E-state index contributed by atoms with van der Waals surface area (Å²) < 4.78 is 11.8. The lowest BCUT2D eigenvalue weighted by Crippen LogP contribution is -2.35. The van der Waals surface area contributed by atoms with Gasteiger partial charge in [-0.15, -0.1) is 0 Å². The molecule has 0 saturated heterocycles. The standard InChI is InChI=1S/C17H18BrNO2/c1-17(2,13-4-6-14(18)7-5-13)19-10-12-3-8-15-16(9-12)21-11-20-15/h3-9,19H,10-11H2,1-2H3. The molecule has 21 heavy (non-hydrogen) atoms. The van der Waals surface area contributed by atoms with E-state index in [4.69, 9.17) is 9.47 Å². The Morgan fingerprint density at radius 2 is 1.76 bits per heavy atom. The normalized spacial score (nSPS) is 13.5. The van der Waals surface area contributed by atoms with E-state index >= 15 is 0 Å². The second-order valence-corrected chi connectivity index (χ2v) is 6.59. The topological polar surface area (TPSA) is 30.5 Å². The average molecular weight is 348 g/mol. The first-order valence-electron chi connectivity index (χ1n) is 6.94. The number of ether oxygens (including phenoxy) is 2. The van der Waals surface area contributed by atoms with E-state index < -0.39 is 0 Å². The van der Waals surface area contributed by atoms with Crippen molar-refractivity contribution in [2.75, 3.05) is 6.79 Å². The van der Waals surface area contributed by atoms with E-state index in [1.807, 2.05) is 12.1 Å². The molecule has 2 aromatic rings. The Bertz CT molecular complexity index is 638. The summed E-state index contributed by atoms with van der Waals surface area (Å²) in [6.07, 6.45) is 0. The van der Waals surface area contributed by atoms with Gasteiger partial charge in [-0.05, 0) is 49.2 Å². The molecule has 0 radical (unpaired) electrons. The molecular weight excluding hydrogens is 330 g/mol. The molecule has 1 aliphatic rings. The van der Waals surface area contributed by atoms with Crippen molar-refractivity contribution in [2.24, 2.45) is 0 Å². The molecule has 0 aliphatic carbocycles. The van der Waals surface area contributed by atoms with E-state index in [-0.39, 0.29) is 5.54 Å². The Labute approximate surface area is 133 Å². The lowest BCUT2D eigenvalue weighted by molar-refractivity contribution is 0.174. The Morgan fingerprint density at radius 3 is 2.52 bits per heavy atom. The minimum atomic E-state index is -0.100. The third-order valence-corrected chi connectivity index (χ3v) is 4.27. The molecule has 2 aromatic carbocycles. The first-order valence-corrected chi connectivity index (χ1v) is 7.73. The molecule has 0 aromatic heterocycles. The van der Waals surface area contributed by atoms with E-state index in [0.29, 0.717) is 6.79 Å². The van der Waals surface area contributed by atoms with Gasteiger partial charge in [0.25, 0.3) is 0 Å². The summed E-state index contributed by atoms with van der Waals surface area (Å²) in [6.45, 7) is 5.46. The maximum absolute atomic E-state index is 5.41. The minimum Gasteiger partial charge on any atom is -0.454 e. The number of fused-ring (bicyclic) bond motifs is 1. The van der Waals surface area contributed by atoms with Crippen molar-refractivity contribution >= 4 is 15.9 Å².